The minimum atomic E-state index is -0.633. The third-order valence-electron chi connectivity index (χ3n) is 9.42. The quantitative estimate of drug-likeness (QED) is 0.459. The van der Waals surface area contributed by atoms with Crippen LogP contribution in [0.2, 0.25) is 0 Å². The molecule has 1 aromatic rings. The fraction of sp³-hybridized carbons (Fsp3) is 0.710. The van der Waals surface area contributed by atoms with Crippen molar-refractivity contribution in [3.8, 4) is 0 Å². The number of fused-ring (bicyclic) bond motifs is 1. The number of benzene rings is 1. The molecule has 1 amide bonds. The van der Waals surface area contributed by atoms with E-state index >= 15 is 0 Å². The fourth-order valence-corrected chi connectivity index (χ4v) is 6.80. The average molecular weight is 528 g/mol. The highest BCUT2D eigenvalue weighted by Crippen LogP contribution is 2.50. The highest BCUT2D eigenvalue weighted by molar-refractivity contribution is 5.94. The van der Waals surface area contributed by atoms with Crippen molar-refractivity contribution >= 4 is 17.8 Å². The van der Waals surface area contributed by atoms with Gasteiger partial charge in [0.2, 0.25) is 0 Å². The number of hydrogen-bond donors (Lipinski definition) is 2. The number of rotatable bonds is 8. The summed E-state index contributed by atoms with van der Waals surface area (Å²) in [6, 6.07) is 9.18. The summed E-state index contributed by atoms with van der Waals surface area (Å²) in [7, 11) is 0. The van der Waals surface area contributed by atoms with Gasteiger partial charge in [0.15, 0.2) is 0 Å². The minimum Gasteiger partial charge on any atom is -0.462 e. The third-order valence-corrected chi connectivity index (χ3v) is 9.42. The van der Waals surface area contributed by atoms with E-state index in [-0.39, 0.29) is 48.4 Å². The first-order valence-electron chi connectivity index (χ1n) is 14.5. The number of nitrogens with one attached hydrogen (secondary N) is 1. The summed E-state index contributed by atoms with van der Waals surface area (Å²) in [5.41, 5.74) is 0.0624. The van der Waals surface area contributed by atoms with Crippen LogP contribution in [0, 0.1) is 29.1 Å². The van der Waals surface area contributed by atoms with Crippen LogP contribution in [-0.2, 0) is 19.1 Å². The molecule has 2 aliphatic carbocycles. The smallest absolute Gasteiger partial charge is 0.311 e. The van der Waals surface area contributed by atoms with E-state index in [0.29, 0.717) is 49.0 Å². The van der Waals surface area contributed by atoms with E-state index in [1.807, 2.05) is 51.1 Å². The normalized spacial score (nSPS) is 33.6. The van der Waals surface area contributed by atoms with Gasteiger partial charge in [-0.3, -0.25) is 14.4 Å². The number of carbonyl (C=O) groups excluding carboxylic acids is 3. The zero-order chi connectivity index (χ0) is 27.4. The molecule has 1 saturated heterocycles. The van der Waals surface area contributed by atoms with Crippen LogP contribution in [-0.4, -0.2) is 47.3 Å². The molecular weight excluding hydrogens is 482 g/mol. The molecule has 7 heteroatoms. The maximum Gasteiger partial charge on any atom is 0.311 e. The Morgan fingerprint density at radius 1 is 1.11 bits per heavy atom. The Hall–Kier alpha value is -2.41. The summed E-state index contributed by atoms with van der Waals surface area (Å²) in [6.07, 6.45) is 5.24. The summed E-state index contributed by atoms with van der Waals surface area (Å²) in [5, 5.41) is 13.3. The summed E-state index contributed by atoms with van der Waals surface area (Å²) < 4.78 is 11.9. The van der Waals surface area contributed by atoms with Crippen molar-refractivity contribution < 1.29 is 29.0 Å². The van der Waals surface area contributed by atoms with Crippen molar-refractivity contribution in [1.82, 2.24) is 5.32 Å². The molecule has 0 aromatic heterocycles. The molecule has 0 unspecified atom stereocenters. The van der Waals surface area contributed by atoms with Gasteiger partial charge in [0, 0.05) is 30.4 Å². The maximum absolute atomic E-state index is 13.3. The van der Waals surface area contributed by atoms with E-state index in [1.54, 1.807) is 0 Å². The molecule has 1 heterocycles. The van der Waals surface area contributed by atoms with Crippen LogP contribution in [0.3, 0.4) is 0 Å². The second-order valence-corrected chi connectivity index (χ2v) is 12.5. The summed E-state index contributed by atoms with van der Waals surface area (Å²) in [6.45, 7) is 8.13. The standard InChI is InChI=1S/C31H45NO6/c1-5-31(3,4)30(36)38-26-16-22(32-29(35)20-9-7-6-8-10-20)15-21-12-11-19(2)25(28(21)26)14-13-24-17-23(33)18-27(34)37-24/h6-10,19,21-26,28,33H,5,11-18H2,1-4H3,(H,32,35)/t19-,21-,22-,23+,24-,25-,26-,28-/m0/s1. The van der Waals surface area contributed by atoms with E-state index in [4.69, 9.17) is 9.47 Å². The van der Waals surface area contributed by atoms with Crippen LogP contribution in [0.1, 0.15) is 95.8 Å². The van der Waals surface area contributed by atoms with Gasteiger partial charge in [-0.2, -0.15) is 0 Å². The molecule has 0 bridgehead atoms. The number of esters is 2. The number of cyclic esters (lactones) is 1. The van der Waals surface area contributed by atoms with Crippen LogP contribution in [0.5, 0.6) is 0 Å². The molecule has 2 saturated carbocycles. The predicted molar refractivity (Wildman–Crippen MR) is 144 cm³/mol. The molecule has 0 spiro atoms. The van der Waals surface area contributed by atoms with Crippen molar-refractivity contribution in [2.45, 2.75) is 110 Å². The van der Waals surface area contributed by atoms with E-state index in [2.05, 4.69) is 12.2 Å². The van der Waals surface area contributed by atoms with E-state index < -0.39 is 11.5 Å². The zero-order valence-electron chi connectivity index (χ0n) is 23.4. The number of aliphatic hydroxyl groups is 1. The summed E-state index contributed by atoms with van der Waals surface area (Å²) in [5.74, 6) is 0.715. The molecule has 1 aliphatic heterocycles. The molecule has 38 heavy (non-hydrogen) atoms. The van der Waals surface area contributed by atoms with Crippen LogP contribution < -0.4 is 5.32 Å². The number of carbonyl (C=O) groups is 3. The number of aliphatic hydroxyl groups excluding tert-OH is 1. The van der Waals surface area contributed by atoms with Gasteiger partial charge < -0.3 is 19.9 Å². The van der Waals surface area contributed by atoms with Gasteiger partial charge in [-0.15, -0.1) is 0 Å². The van der Waals surface area contributed by atoms with Gasteiger partial charge in [-0.1, -0.05) is 38.5 Å². The number of ether oxygens (including phenoxy) is 2. The molecule has 3 aliphatic rings. The summed E-state index contributed by atoms with van der Waals surface area (Å²) >= 11 is 0. The van der Waals surface area contributed by atoms with Crippen molar-refractivity contribution in [2.75, 3.05) is 0 Å². The molecule has 3 fully saturated rings. The molecule has 210 valence electrons. The van der Waals surface area contributed by atoms with E-state index in [1.165, 1.54) is 0 Å². The van der Waals surface area contributed by atoms with Crippen molar-refractivity contribution in [1.29, 1.82) is 0 Å². The first-order chi connectivity index (χ1) is 18.1. The Bertz CT molecular complexity index is 978. The van der Waals surface area contributed by atoms with E-state index in [0.717, 1.165) is 25.7 Å². The maximum atomic E-state index is 13.3. The van der Waals surface area contributed by atoms with Crippen molar-refractivity contribution in [3.05, 3.63) is 35.9 Å². The fourth-order valence-electron chi connectivity index (χ4n) is 6.80. The zero-order valence-corrected chi connectivity index (χ0v) is 23.4. The van der Waals surface area contributed by atoms with Crippen LogP contribution in [0.4, 0.5) is 0 Å². The predicted octanol–water partition coefficient (Wildman–Crippen LogP) is 5.05. The monoisotopic (exact) mass is 527 g/mol. The van der Waals surface area contributed by atoms with Crippen molar-refractivity contribution in [2.24, 2.45) is 29.1 Å². The number of hydrogen-bond acceptors (Lipinski definition) is 6. The van der Waals surface area contributed by atoms with Gasteiger partial charge in [0.1, 0.15) is 12.2 Å². The molecule has 2 N–H and O–H groups in total. The minimum absolute atomic E-state index is 0.0602. The number of amides is 1. The lowest BCUT2D eigenvalue weighted by Gasteiger charge is -2.51. The van der Waals surface area contributed by atoms with Gasteiger partial charge in [-0.05, 0) is 75.8 Å². The molecule has 7 nitrogen and oxygen atoms in total. The highest BCUT2D eigenvalue weighted by atomic mass is 16.6. The molecule has 4 rings (SSSR count). The average Bonchev–Trinajstić information content (AvgIpc) is 2.88. The SMILES string of the molecule is CCC(C)(C)C(=O)O[C@H]1C[C@@H](NC(=O)c2ccccc2)C[C@@H]2CC[C@H](C)[C@H](CC[C@H]3C[C@@H](O)CC(=O)O3)[C@H]21. The van der Waals surface area contributed by atoms with Crippen molar-refractivity contribution in [3.63, 3.8) is 0 Å². The second-order valence-electron chi connectivity index (χ2n) is 12.5. The van der Waals surface area contributed by atoms with Crippen LogP contribution in [0.25, 0.3) is 0 Å². The largest absolute Gasteiger partial charge is 0.462 e. The topological polar surface area (TPSA) is 102 Å². The molecule has 0 radical (unpaired) electrons. The molecule has 8 atom stereocenters. The summed E-state index contributed by atoms with van der Waals surface area (Å²) in [4.78, 5) is 38.1. The molecular formula is C31H45NO6. The van der Waals surface area contributed by atoms with Crippen LogP contribution >= 0.6 is 0 Å². The Labute approximate surface area is 227 Å². The lowest BCUT2D eigenvalue weighted by atomic mass is 9.58. The highest BCUT2D eigenvalue weighted by Gasteiger charge is 2.49. The third kappa shape index (κ3) is 6.77. The van der Waals surface area contributed by atoms with E-state index in [9.17, 15) is 19.5 Å². The first-order valence-corrected chi connectivity index (χ1v) is 14.5. The Morgan fingerprint density at radius 2 is 1.84 bits per heavy atom. The Balaban J connectivity index is 1.52. The van der Waals surface area contributed by atoms with Gasteiger partial charge in [-0.25, -0.2) is 0 Å². The molecule has 1 aromatic carbocycles. The Kier molecular flexibility index (Phi) is 9.17. The van der Waals surface area contributed by atoms with Gasteiger partial charge in [0.05, 0.1) is 17.9 Å². The first kappa shape index (κ1) is 28.6. The van der Waals surface area contributed by atoms with Gasteiger partial charge in [0.25, 0.3) is 5.91 Å². The second kappa shape index (κ2) is 12.2. The Morgan fingerprint density at radius 3 is 2.53 bits per heavy atom. The lowest BCUT2D eigenvalue weighted by Crippen LogP contribution is -2.53. The lowest BCUT2D eigenvalue weighted by molar-refractivity contribution is -0.173. The van der Waals surface area contributed by atoms with Gasteiger partial charge >= 0.3 is 11.9 Å². The van der Waals surface area contributed by atoms with Crippen LogP contribution in [0.15, 0.2) is 30.3 Å².